The molecule has 130 valence electrons. The molecule has 1 aromatic carbocycles. The van der Waals surface area contributed by atoms with Crippen molar-refractivity contribution in [1.29, 1.82) is 0 Å². The summed E-state index contributed by atoms with van der Waals surface area (Å²) < 4.78 is 0. The van der Waals surface area contributed by atoms with Crippen molar-refractivity contribution in [3.63, 3.8) is 0 Å². The quantitative estimate of drug-likeness (QED) is 0.781. The van der Waals surface area contributed by atoms with Crippen molar-refractivity contribution in [1.82, 2.24) is 5.32 Å². The number of aliphatic hydroxyl groups is 1. The Bertz CT molecular complexity index is 479. The molecule has 0 spiro atoms. The Morgan fingerprint density at radius 1 is 1.35 bits per heavy atom. The van der Waals surface area contributed by atoms with Gasteiger partial charge in [0, 0.05) is 35.9 Å². The summed E-state index contributed by atoms with van der Waals surface area (Å²) >= 11 is 6.09. The Hall–Kier alpha value is -0.770. The molecule has 2 N–H and O–H groups in total. The second-order valence-electron chi connectivity index (χ2n) is 7.51. The summed E-state index contributed by atoms with van der Waals surface area (Å²) in [6.45, 7) is 8.18. The van der Waals surface area contributed by atoms with Crippen LogP contribution in [0.15, 0.2) is 24.3 Å². The molecule has 0 aliphatic carbocycles. The monoisotopic (exact) mass is 338 g/mol. The summed E-state index contributed by atoms with van der Waals surface area (Å²) in [5.74, 6) is 0. The smallest absolute Gasteiger partial charge is 0.0591 e. The molecule has 1 aliphatic heterocycles. The molecule has 0 bridgehead atoms. The fraction of sp³-hybridized carbons (Fsp3) is 0.684. The Morgan fingerprint density at radius 2 is 2.04 bits per heavy atom. The molecule has 0 aromatic heterocycles. The van der Waals surface area contributed by atoms with Crippen molar-refractivity contribution in [2.75, 3.05) is 18.0 Å². The number of nitrogens with one attached hydrogen (secondary N) is 1. The van der Waals surface area contributed by atoms with Crippen LogP contribution in [0, 0.1) is 0 Å². The van der Waals surface area contributed by atoms with Crippen LogP contribution in [0.1, 0.15) is 52.9 Å². The first-order valence-electron chi connectivity index (χ1n) is 8.82. The van der Waals surface area contributed by atoms with Crippen LogP contribution in [0.3, 0.4) is 0 Å². The lowest BCUT2D eigenvalue weighted by Gasteiger charge is -2.35. The minimum Gasteiger partial charge on any atom is -0.390 e. The van der Waals surface area contributed by atoms with Crippen LogP contribution in [-0.2, 0) is 0 Å². The largest absolute Gasteiger partial charge is 0.390 e. The maximum Gasteiger partial charge on any atom is 0.0591 e. The van der Waals surface area contributed by atoms with Gasteiger partial charge in [-0.3, -0.25) is 0 Å². The van der Waals surface area contributed by atoms with Crippen molar-refractivity contribution >= 4 is 17.3 Å². The molecule has 1 heterocycles. The Kier molecular flexibility index (Phi) is 6.75. The molecule has 1 fully saturated rings. The van der Waals surface area contributed by atoms with Crippen molar-refractivity contribution in [2.24, 2.45) is 0 Å². The third kappa shape index (κ3) is 6.70. The first kappa shape index (κ1) is 18.6. The highest BCUT2D eigenvalue weighted by Crippen LogP contribution is 2.23. The molecule has 1 atom stereocenters. The summed E-state index contributed by atoms with van der Waals surface area (Å²) in [5.41, 5.74) is 0.691. The van der Waals surface area contributed by atoms with E-state index in [1.807, 2.05) is 26.0 Å². The van der Waals surface area contributed by atoms with Gasteiger partial charge in [-0.05, 0) is 71.1 Å². The molecule has 23 heavy (non-hydrogen) atoms. The van der Waals surface area contributed by atoms with E-state index in [2.05, 4.69) is 29.3 Å². The van der Waals surface area contributed by atoms with E-state index in [4.69, 9.17) is 11.6 Å². The van der Waals surface area contributed by atoms with Crippen molar-refractivity contribution in [3.05, 3.63) is 29.3 Å². The molecular weight excluding hydrogens is 308 g/mol. The molecule has 4 heteroatoms. The van der Waals surface area contributed by atoms with Gasteiger partial charge < -0.3 is 15.3 Å². The number of hydrogen-bond donors (Lipinski definition) is 2. The number of rotatable bonds is 7. The van der Waals surface area contributed by atoms with Gasteiger partial charge in [0.05, 0.1) is 5.60 Å². The fourth-order valence-electron chi connectivity index (χ4n) is 3.30. The number of nitrogens with zero attached hydrogens (tertiary/aromatic N) is 1. The van der Waals surface area contributed by atoms with Crippen molar-refractivity contribution in [2.45, 2.75) is 70.6 Å². The molecule has 1 saturated heterocycles. The second kappa shape index (κ2) is 8.36. The Labute approximate surface area is 146 Å². The van der Waals surface area contributed by atoms with E-state index in [1.165, 1.54) is 18.5 Å². The summed E-state index contributed by atoms with van der Waals surface area (Å²) in [7, 11) is 0. The van der Waals surface area contributed by atoms with Crippen molar-refractivity contribution in [3.8, 4) is 0 Å². The van der Waals surface area contributed by atoms with Crippen LogP contribution in [0.4, 0.5) is 5.69 Å². The zero-order valence-corrected chi connectivity index (χ0v) is 15.4. The van der Waals surface area contributed by atoms with Gasteiger partial charge >= 0.3 is 0 Å². The van der Waals surface area contributed by atoms with E-state index in [1.54, 1.807) is 0 Å². The number of benzene rings is 1. The molecule has 2 rings (SSSR count). The van der Waals surface area contributed by atoms with E-state index in [9.17, 15) is 5.11 Å². The molecule has 0 amide bonds. The van der Waals surface area contributed by atoms with Crippen LogP contribution in [-0.4, -0.2) is 35.9 Å². The van der Waals surface area contributed by atoms with Gasteiger partial charge in [0.1, 0.15) is 0 Å². The number of hydrogen-bond acceptors (Lipinski definition) is 3. The van der Waals surface area contributed by atoms with Crippen LogP contribution in [0.25, 0.3) is 0 Å². The van der Waals surface area contributed by atoms with E-state index in [0.717, 1.165) is 37.4 Å². The Morgan fingerprint density at radius 3 is 2.65 bits per heavy atom. The molecule has 3 nitrogen and oxygen atoms in total. The first-order valence-corrected chi connectivity index (χ1v) is 9.20. The summed E-state index contributed by atoms with van der Waals surface area (Å²) in [4.78, 5) is 2.42. The SMILES string of the molecule is C[C@H](CCCC(C)(C)O)NC1CCN(c2cccc(Cl)c2)CC1. The highest BCUT2D eigenvalue weighted by Gasteiger charge is 2.21. The molecule has 1 aromatic rings. The predicted octanol–water partition coefficient (Wildman–Crippen LogP) is 4.23. The van der Waals surface area contributed by atoms with Gasteiger partial charge in [-0.25, -0.2) is 0 Å². The minimum absolute atomic E-state index is 0.514. The summed E-state index contributed by atoms with van der Waals surface area (Å²) in [6, 6.07) is 9.25. The summed E-state index contributed by atoms with van der Waals surface area (Å²) in [6.07, 6.45) is 5.40. The number of anilines is 1. The predicted molar refractivity (Wildman–Crippen MR) is 99.4 cm³/mol. The fourth-order valence-corrected chi connectivity index (χ4v) is 3.49. The van der Waals surface area contributed by atoms with Crippen LogP contribution < -0.4 is 10.2 Å². The lowest BCUT2D eigenvalue weighted by molar-refractivity contribution is 0.0673. The van der Waals surface area contributed by atoms with E-state index >= 15 is 0 Å². The topological polar surface area (TPSA) is 35.5 Å². The lowest BCUT2D eigenvalue weighted by Crippen LogP contribution is -2.45. The van der Waals surface area contributed by atoms with Crippen LogP contribution in [0.2, 0.25) is 5.02 Å². The van der Waals surface area contributed by atoms with Gasteiger partial charge in [-0.2, -0.15) is 0 Å². The standard InChI is InChI=1S/C19H31ClN2O/c1-15(6-5-11-19(2,3)23)21-17-9-12-22(13-10-17)18-8-4-7-16(20)14-18/h4,7-8,14-15,17,21,23H,5-6,9-13H2,1-3H3/t15-/m1/s1. The Balaban J connectivity index is 1.70. The lowest BCUT2D eigenvalue weighted by atomic mass is 9.98. The van der Waals surface area contributed by atoms with Gasteiger partial charge in [-0.1, -0.05) is 17.7 Å². The maximum absolute atomic E-state index is 9.77. The maximum atomic E-state index is 9.77. The highest BCUT2D eigenvalue weighted by molar-refractivity contribution is 6.30. The second-order valence-corrected chi connectivity index (χ2v) is 7.95. The van der Waals surface area contributed by atoms with Crippen LogP contribution in [0.5, 0.6) is 0 Å². The molecule has 0 saturated carbocycles. The average molecular weight is 339 g/mol. The van der Waals surface area contributed by atoms with Gasteiger partial charge in [0.25, 0.3) is 0 Å². The van der Waals surface area contributed by atoms with E-state index in [0.29, 0.717) is 12.1 Å². The van der Waals surface area contributed by atoms with Crippen LogP contribution >= 0.6 is 11.6 Å². The highest BCUT2D eigenvalue weighted by atomic mass is 35.5. The van der Waals surface area contributed by atoms with E-state index < -0.39 is 5.60 Å². The number of halogens is 1. The van der Waals surface area contributed by atoms with Gasteiger partial charge in [-0.15, -0.1) is 0 Å². The number of piperidine rings is 1. The molecular formula is C19H31ClN2O. The third-order valence-electron chi connectivity index (χ3n) is 4.61. The molecule has 0 unspecified atom stereocenters. The minimum atomic E-state index is -0.540. The zero-order valence-electron chi connectivity index (χ0n) is 14.7. The normalized spacial score (nSPS) is 18.2. The first-order chi connectivity index (χ1) is 10.8. The van der Waals surface area contributed by atoms with E-state index in [-0.39, 0.29) is 0 Å². The van der Waals surface area contributed by atoms with Crippen molar-refractivity contribution < 1.29 is 5.11 Å². The zero-order chi connectivity index (χ0) is 16.9. The van der Waals surface area contributed by atoms with Gasteiger partial charge in [0.15, 0.2) is 0 Å². The third-order valence-corrected chi connectivity index (χ3v) is 4.85. The average Bonchev–Trinajstić information content (AvgIpc) is 2.46. The molecule has 1 aliphatic rings. The molecule has 0 radical (unpaired) electrons. The van der Waals surface area contributed by atoms with Gasteiger partial charge in [0.2, 0.25) is 0 Å². The summed E-state index contributed by atoms with van der Waals surface area (Å²) in [5, 5.41) is 14.3.